The van der Waals surface area contributed by atoms with E-state index in [2.05, 4.69) is 11.9 Å². The maximum absolute atomic E-state index is 11.6. The fourth-order valence-corrected chi connectivity index (χ4v) is 1.86. The van der Waals surface area contributed by atoms with Crippen LogP contribution in [0.25, 0.3) is 0 Å². The largest absolute Gasteiger partial charge is 0.462 e. The lowest BCUT2D eigenvalue weighted by atomic mass is 9.97. The molecule has 1 aromatic carbocycles. The number of hydrogen-bond donors (Lipinski definition) is 0. The van der Waals surface area contributed by atoms with E-state index in [-0.39, 0.29) is 5.97 Å². The van der Waals surface area contributed by atoms with Gasteiger partial charge >= 0.3 is 5.97 Å². The first-order valence-corrected chi connectivity index (χ1v) is 5.49. The monoisotopic (exact) mass is 217 g/mol. The van der Waals surface area contributed by atoms with Gasteiger partial charge in [-0.1, -0.05) is 6.92 Å². The minimum Gasteiger partial charge on any atom is -0.462 e. The molecule has 0 N–H and O–H groups in total. The van der Waals surface area contributed by atoms with Crippen molar-refractivity contribution in [3.63, 3.8) is 0 Å². The second-order valence-corrected chi connectivity index (χ2v) is 3.97. The Labute approximate surface area is 95.2 Å². The summed E-state index contributed by atoms with van der Waals surface area (Å²) in [7, 11) is 0. The van der Waals surface area contributed by atoms with Crippen molar-refractivity contribution in [1.29, 1.82) is 0 Å². The molecule has 1 unspecified atom stereocenters. The van der Waals surface area contributed by atoms with E-state index in [0.717, 1.165) is 17.0 Å². The Morgan fingerprint density at radius 1 is 1.50 bits per heavy atom. The molecule has 0 aliphatic carbocycles. The normalized spacial score (nSPS) is 17.9. The van der Waals surface area contributed by atoms with E-state index < -0.39 is 0 Å². The van der Waals surface area contributed by atoms with Crippen molar-refractivity contribution in [2.75, 3.05) is 6.61 Å². The zero-order valence-electron chi connectivity index (χ0n) is 9.78. The van der Waals surface area contributed by atoms with Crippen molar-refractivity contribution in [3.8, 4) is 0 Å². The second-order valence-electron chi connectivity index (χ2n) is 3.97. The van der Waals surface area contributed by atoms with Crippen LogP contribution in [0.1, 0.15) is 42.6 Å². The van der Waals surface area contributed by atoms with Gasteiger partial charge in [0.05, 0.1) is 17.9 Å². The number of ether oxygens (including phenoxy) is 1. The summed E-state index contributed by atoms with van der Waals surface area (Å²) in [5.74, 6) is 0.0337. The molecule has 16 heavy (non-hydrogen) atoms. The number of carbonyl (C=O) groups excluding carboxylic acids is 1. The first-order chi connectivity index (χ1) is 7.63. The first kappa shape index (κ1) is 10.9. The second kappa shape index (κ2) is 4.08. The van der Waals surface area contributed by atoms with E-state index in [1.165, 1.54) is 0 Å². The van der Waals surface area contributed by atoms with Crippen LogP contribution in [-0.4, -0.2) is 18.3 Å². The number of nitrogens with zero attached hydrogens (tertiary/aromatic N) is 1. The molecule has 0 fully saturated rings. The Bertz CT molecular complexity index is 463. The van der Waals surface area contributed by atoms with Gasteiger partial charge in [0.25, 0.3) is 0 Å². The highest BCUT2D eigenvalue weighted by Crippen LogP contribution is 2.35. The van der Waals surface area contributed by atoms with E-state index in [9.17, 15) is 4.79 Å². The minimum absolute atomic E-state index is 0.262. The summed E-state index contributed by atoms with van der Waals surface area (Å²) < 4.78 is 4.97. The van der Waals surface area contributed by atoms with Crippen molar-refractivity contribution >= 4 is 17.4 Å². The Kier molecular flexibility index (Phi) is 2.77. The van der Waals surface area contributed by atoms with E-state index >= 15 is 0 Å². The molecule has 0 aromatic heterocycles. The molecule has 2 rings (SSSR count). The van der Waals surface area contributed by atoms with Crippen LogP contribution in [0.15, 0.2) is 23.2 Å². The van der Waals surface area contributed by atoms with E-state index in [1.807, 2.05) is 19.1 Å². The highest BCUT2D eigenvalue weighted by molar-refractivity contribution is 5.98. The zero-order chi connectivity index (χ0) is 11.7. The van der Waals surface area contributed by atoms with Gasteiger partial charge in [-0.15, -0.1) is 0 Å². The molecule has 0 bridgehead atoms. The smallest absolute Gasteiger partial charge is 0.338 e. The lowest BCUT2D eigenvalue weighted by Crippen LogP contribution is -2.06. The van der Waals surface area contributed by atoms with Crippen LogP contribution in [0.5, 0.6) is 0 Å². The summed E-state index contributed by atoms with van der Waals surface area (Å²) in [6, 6.07) is 5.54. The molecule has 1 aromatic rings. The van der Waals surface area contributed by atoms with Crippen LogP contribution in [0.3, 0.4) is 0 Å². The summed E-state index contributed by atoms with van der Waals surface area (Å²) >= 11 is 0. The SMILES string of the molecule is CCOC(=O)c1ccc2c(c1)C(C)C(C)=N2. The molecule has 3 heteroatoms. The Balaban J connectivity index is 2.33. The van der Waals surface area contributed by atoms with E-state index in [4.69, 9.17) is 4.74 Å². The molecule has 84 valence electrons. The third-order valence-corrected chi connectivity index (χ3v) is 2.93. The molecule has 1 aliphatic rings. The van der Waals surface area contributed by atoms with Gasteiger partial charge in [0.15, 0.2) is 0 Å². The van der Waals surface area contributed by atoms with Gasteiger partial charge in [-0.3, -0.25) is 4.99 Å². The molecule has 0 amide bonds. The van der Waals surface area contributed by atoms with Crippen molar-refractivity contribution in [2.24, 2.45) is 4.99 Å². The highest BCUT2D eigenvalue weighted by Gasteiger charge is 2.21. The minimum atomic E-state index is -0.262. The quantitative estimate of drug-likeness (QED) is 0.714. The molecule has 3 nitrogen and oxygen atoms in total. The van der Waals surface area contributed by atoms with Gasteiger partial charge < -0.3 is 4.74 Å². The maximum Gasteiger partial charge on any atom is 0.338 e. The molecule has 0 saturated heterocycles. The molecule has 1 heterocycles. The van der Waals surface area contributed by atoms with Gasteiger partial charge in [-0.2, -0.15) is 0 Å². The number of fused-ring (bicyclic) bond motifs is 1. The summed E-state index contributed by atoms with van der Waals surface area (Å²) in [5.41, 5.74) is 3.79. The molecule has 0 radical (unpaired) electrons. The predicted molar refractivity (Wildman–Crippen MR) is 63.6 cm³/mol. The molecule has 1 aliphatic heterocycles. The number of carbonyl (C=O) groups is 1. The summed E-state index contributed by atoms with van der Waals surface area (Å²) in [5, 5.41) is 0. The van der Waals surface area contributed by atoms with Gasteiger partial charge in [-0.05, 0) is 37.6 Å². The molecular formula is C13H15NO2. The first-order valence-electron chi connectivity index (χ1n) is 5.49. The third kappa shape index (κ3) is 1.73. The van der Waals surface area contributed by atoms with E-state index in [1.54, 1.807) is 13.0 Å². The zero-order valence-corrected chi connectivity index (χ0v) is 9.78. The number of esters is 1. The van der Waals surface area contributed by atoms with Gasteiger partial charge in [0.1, 0.15) is 0 Å². The standard InChI is InChI=1S/C13H15NO2/c1-4-16-13(15)10-5-6-12-11(7-10)8(2)9(3)14-12/h5-8H,4H2,1-3H3. The van der Waals surface area contributed by atoms with Crippen LogP contribution in [0.2, 0.25) is 0 Å². The lowest BCUT2D eigenvalue weighted by Gasteiger charge is -2.07. The van der Waals surface area contributed by atoms with Crippen LogP contribution >= 0.6 is 0 Å². The third-order valence-electron chi connectivity index (χ3n) is 2.93. The van der Waals surface area contributed by atoms with Crippen LogP contribution in [-0.2, 0) is 4.74 Å². The van der Waals surface area contributed by atoms with E-state index in [0.29, 0.717) is 18.1 Å². The van der Waals surface area contributed by atoms with Crippen molar-refractivity contribution in [2.45, 2.75) is 26.7 Å². The predicted octanol–water partition coefficient (Wildman–Crippen LogP) is 3.07. The fourth-order valence-electron chi connectivity index (χ4n) is 1.86. The average molecular weight is 217 g/mol. The van der Waals surface area contributed by atoms with Gasteiger partial charge in [0, 0.05) is 11.6 Å². The average Bonchev–Trinajstić information content (AvgIpc) is 2.55. The summed E-state index contributed by atoms with van der Waals surface area (Å²) in [6.07, 6.45) is 0. The molecule has 0 saturated carbocycles. The topological polar surface area (TPSA) is 38.7 Å². The maximum atomic E-state index is 11.6. The van der Waals surface area contributed by atoms with Gasteiger partial charge in [0.2, 0.25) is 0 Å². The van der Waals surface area contributed by atoms with Crippen molar-refractivity contribution in [3.05, 3.63) is 29.3 Å². The number of hydrogen-bond acceptors (Lipinski definition) is 3. The Hall–Kier alpha value is -1.64. The lowest BCUT2D eigenvalue weighted by molar-refractivity contribution is 0.0526. The highest BCUT2D eigenvalue weighted by atomic mass is 16.5. The Morgan fingerprint density at radius 2 is 2.25 bits per heavy atom. The molecular weight excluding hydrogens is 202 g/mol. The number of aliphatic imine (C=N–C) groups is 1. The number of benzene rings is 1. The summed E-state index contributed by atoms with van der Waals surface area (Å²) in [6.45, 7) is 6.32. The molecule has 1 atom stereocenters. The van der Waals surface area contributed by atoms with Crippen LogP contribution < -0.4 is 0 Å². The fraction of sp³-hybridized carbons (Fsp3) is 0.385. The number of rotatable bonds is 2. The van der Waals surface area contributed by atoms with Crippen LogP contribution in [0, 0.1) is 0 Å². The van der Waals surface area contributed by atoms with Crippen molar-refractivity contribution < 1.29 is 9.53 Å². The molecule has 0 spiro atoms. The van der Waals surface area contributed by atoms with Crippen molar-refractivity contribution in [1.82, 2.24) is 0 Å². The van der Waals surface area contributed by atoms with Gasteiger partial charge in [-0.25, -0.2) is 4.79 Å². The summed E-state index contributed by atoms with van der Waals surface area (Å²) in [4.78, 5) is 16.0. The van der Waals surface area contributed by atoms with Crippen LogP contribution in [0.4, 0.5) is 5.69 Å². The Morgan fingerprint density at radius 3 is 2.94 bits per heavy atom.